The number of carbonyl (C=O) groups excluding carboxylic acids is 1. The van der Waals surface area contributed by atoms with Gasteiger partial charge in [0.25, 0.3) is 0 Å². The van der Waals surface area contributed by atoms with Crippen LogP contribution in [-0.2, 0) is 19.1 Å². The van der Waals surface area contributed by atoms with Gasteiger partial charge < -0.3 is 20.3 Å². The molecule has 1 aliphatic rings. The van der Waals surface area contributed by atoms with Crippen molar-refractivity contribution in [3.05, 3.63) is 35.1 Å². The van der Waals surface area contributed by atoms with E-state index in [1.807, 2.05) is 0 Å². The third-order valence-corrected chi connectivity index (χ3v) is 6.76. The lowest BCUT2D eigenvalue weighted by atomic mass is 9.50. The van der Waals surface area contributed by atoms with Crippen molar-refractivity contribution in [2.75, 3.05) is 20.0 Å². The molecule has 1 aromatic rings. The largest absolute Gasteiger partial charge is 0.481 e. The highest BCUT2D eigenvalue weighted by atomic mass is 19.2. The van der Waals surface area contributed by atoms with Gasteiger partial charge >= 0.3 is 17.9 Å². The maximum absolute atomic E-state index is 14.7. The van der Waals surface area contributed by atoms with Gasteiger partial charge in [-0.2, -0.15) is 0 Å². The first-order valence-electron chi connectivity index (χ1n) is 10.3. The molecule has 33 heavy (non-hydrogen) atoms. The Hall–Kier alpha value is -2.69. The minimum absolute atomic E-state index is 0.281. The highest BCUT2D eigenvalue weighted by Gasteiger charge is 2.67. The van der Waals surface area contributed by atoms with E-state index in [4.69, 9.17) is 4.74 Å². The first kappa shape index (κ1) is 26.6. The van der Waals surface area contributed by atoms with Crippen LogP contribution in [0.3, 0.4) is 0 Å². The fourth-order valence-electron chi connectivity index (χ4n) is 5.06. The number of halogens is 4. The fraction of sp³-hybridized carbons (Fsp3) is 0.591. The second-order valence-corrected chi connectivity index (χ2v) is 8.31. The number of carbonyl (C=O) groups is 3. The molecule has 0 aliphatic carbocycles. The maximum Gasteiger partial charge on any atom is 0.312 e. The van der Waals surface area contributed by atoms with Crippen LogP contribution in [0.4, 0.5) is 17.6 Å². The molecular formula is C22H27F4NO6. The second kappa shape index (κ2) is 10.1. The summed E-state index contributed by atoms with van der Waals surface area (Å²) >= 11 is 0. The molecule has 11 heteroatoms. The number of carboxylic acids is 2. The van der Waals surface area contributed by atoms with Gasteiger partial charge in [0.15, 0.2) is 6.17 Å². The average Bonchev–Trinajstić information content (AvgIpc) is 2.76. The number of ether oxygens (including phenoxy) is 1. The number of rotatable bonds is 9. The Morgan fingerprint density at radius 3 is 2.27 bits per heavy atom. The van der Waals surface area contributed by atoms with E-state index in [2.05, 4.69) is 5.32 Å². The first-order valence-corrected chi connectivity index (χ1v) is 10.3. The normalized spacial score (nSPS) is 30.5. The van der Waals surface area contributed by atoms with Gasteiger partial charge in [0.05, 0.1) is 22.9 Å². The molecule has 1 heterocycles. The molecule has 2 rings (SSSR count). The summed E-state index contributed by atoms with van der Waals surface area (Å²) in [5.41, 5.74) is -5.55. The smallest absolute Gasteiger partial charge is 0.312 e. The Morgan fingerprint density at radius 1 is 1.18 bits per heavy atom. The van der Waals surface area contributed by atoms with E-state index in [0.717, 1.165) is 32.0 Å². The van der Waals surface area contributed by atoms with Gasteiger partial charge in [-0.15, -0.1) is 0 Å². The van der Waals surface area contributed by atoms with Crippen LogP contribution >= 0.6 is 0 Å². The van der Waals surface area contributed by atoms with Crippen LogP contribution in [0.15, 0.2) is 18.2 Å². The summed E-state index contributed by atoms with van der Waals surface area (Å²) in [7, 11) is 0. The lowest BCUT2D eigenvalue weighted by Crippen LogP contribution is -2.71. The highest BCUT2D eigenvalue weighted by Crippen LogP contribution is 2.58. The van der Waals surface area contributed by atoms with Crippen LogP contribution < -0.4 is 5.32 Å². The van der Waals surface area contributed by atoms with Gasteiger partial charge in [-0.25, -0.2) is 17.6 Å². The predicted molar refractivity (Wildman–Crippen MR) is 108 cm³/mol. The van der Waals surface area contributed by atoms with Gasteiger partial charge in [0, 0.05) is 18.4 Å². The van der Waals surface area contributed by atoms with Crippen molar-refractivity contribution in [1.82, 2.24) is 5.32 Å². The summed E-state index contributed by atoms with van der Waals surface area (Å²) in [5.74, 6) is -6.83. The molecule has 6 unspecified atom stereocenters. The summed E-state index contributed by atoms with van der Waals surface area (Å²) in [6.07, 6.45) is -2.79. The number of hydrogen-bond donors (Lipinski definition) is 3. The summed E-state index contributed by atoms with van der Waals surface area (Å²) < 4.78 is 61.8. The number of nitrogens with one attached hydrogen (secondary N) is 1. The Labute approximate surface area is 188 Å². The average molecular weight is 477 g/mol. The molecule has 0 saturated carbocycles. The molecular weight excluding hydrogens is 450 g/mol. The van der Waals surface area contributed by atoms with Crippen molar-refractivity contribution in [3.8, 4) is 0 Å². The van der Waals surface area contributed by atoms with E-state index in [0.29, 0.717) is 0 Å². The van der Waals surface area contributed by atoms with E-state index in [-0.39, 0.29) is 12.0 Å². The second-order valence-electron chi connectivity index (χ2n) is 8.31. The molecule has 7 nitrogen and oxygen atoms in total. The number of piperidine rings is 1. The summed E-state index contributed by atoms with van der Waals surface area (Å²) in [5, 5.41) is 23.2. The molecule has 0 aromatic heterocycles. The predicted octanol–water partition coefficient (Wildman–Crippen LogP) is 3.33. The van der Waals surface area contributed by atoms with Crippen molar-refractivity contribution >= 4 is 17.9 Å². The quantitative estimate of drug-likeness (QED) is 0.369. The van der Waals surface area contributed by atoms with E-state index in [1.165, 1.54) is 6.92 Å². The number of carboxylic acid groups (broad SMARTS) is 2. The molecule has 1 aliphatic heterocycles. The Morgan fingerprint density at radius 2 is 1.82 bits per heavy atom. The minimum atomic E-state index is -2.51. The van der Waals surface area contributed by atoms with Gasteiger partial charge in [-0.05, 0) is 25.0 Å². The summed E-state index contributed by atoms with van der Waals surface area (Å²) in [6, 6.07) is 0.263. The highest BCUT2D eigenvalue weighted by molar-refractivity contribution is 5.84. The van der Waals surface area contributed by atoms with Crippen molar-refractivity contribution in [2.24, 2.45) is 10.8 Å². The van der Waals surface area contributed by atoms with Crippen LogP contribution in [0.5, 0.6) is 0 Å². The summed E-state index contributed by atoms with van der Waals surface area (Å²) in [4.78, 5) is 36.7. The topological polar surface area (TPSA) is 113 Å². The molecule has 6 atom stereocenters. The lowest BCUT2D eigenvalue weighted by molar-refractivity contribution is -0.177. The van der Waals surface area contributed by atoms with Crippen LogP contribution in [0.1, 0.15) is 50.4 Å². The van der Waals surface area contributed by atoms with E-state index >= 15 is 0 Å². The van der Waals surface area contributed by atoms with Gasteiger partial charge in [-0.1, -0.05) is 19.1 Å². The van der Waals surface area contributed by atoms with E-state index in [9.17, 15) is 42.2 Å². The van der Waals surface area contributed by atoms with Crippen LogP contribution in [0, 0.1) is 16.6 Å². The third-order valence-electron chi connectivity index (χ3n) is 6.76. The molecule has 3 N–H and O–H groups in total. The fourth-order valence-corrected chi connectivity index (χ4v) is 5.06. The van der Waals surface area contributed by atoms with Crippen LogP contribution in [0.25, 0.3) is 0 Å². The van der Waals surface area contributed by atoms with Crippen molar-refractivity contribution < 1.29 is 46.9 Å². The minimum Gasteiger partial charge on any atom is -0.481 e. The number of alkyl halides is 3. The number of benzene rings is 1. The zero-order chi connectivity index (χ0) is 25.1. The molecule has 1 saturated heterocycles. The number of aliphatic carboxylic acids is 2. The van der Waals surface area contributed by atoms with Gasteiger partial charge in [0.2, 0.25) is 0 Å². The Balaban J connectivity index is 2.97. The lowest BCUT2D eigenvalue weighted by Gasteiger charge is -2.56. The maximum atomic E-state index is 14.7. The standard InChI is InChI=1S/C22H27F4NO6/c1-4-22(20(31)32)16(10-33-11(2)28)27-15(9-24)21(3,19(29)30)18(22)12-6-5-7-13(25)17(12)14(26)8-23/h5-7,14-16,18,27H,4,8-10H2,1-3H3,(H,29,30)(H,31,32). The molecule has 0 spiro atoms. The van der Waals surface area contributed by atoms with Crippen molar-refractivity contribution in [1.29, 1.82) is 0 Å². The van der Waals surface area contributed by atoms with Crippen molar-refractivity contribution in [2.45, 2.75) is 51.4 Å². The summed E-state index contributed by atoms with van der Waals surface area (Å²) in [6.45, 7) is 0.0976. The SMILES string of the molecule is CCC1(C(=O)O)C(COC(C)=O)NC(CF)C(C)(C(=O)O)C1c1cccc(F)c1C(F)CF. The molecule has 1 aromatic carbocycles. The molecule has 0 bridgehead atoms. The molecule has 0 radical (unpaired) electrons. The molecule has 0 amide bonds. The van der Waals surface area contributed by atoms with Gasteiger partial charge in [0.1, 0.15) is 25.8 Å². The number of esters is 1. The van der Waals surface area contributed by atoms with Crippen LogP contribution in [0.2, 0.25) is 0 Å². The van der Waals surface area contributed by atoms with E-state index < -0.39 is 84.2 Å². The van der Waals surface area contributed by atoms with Crippen LogP contribution in [-0.4, -0.2) is 60.2 Å². The molecule has 184 valence electrons. The van der Waals surface area contributed by atoms with Crippen molar-refractivity contribution in [3.63, 3.8) is 0 Å². The third kappa shape index (κ3) is 4.30. The van der Waals surface area contributed by atoms with E-state index in [1.54, 1.807) is 0 Å². The monoisotopic (exact) mass is 477 g/mol. The first-order chi connectivity index (χ1) is 15.4. The zero-order valence-corrected chi connectivity index (χ0v) is 18.4. The van der Waals surface area contributed by atoms with Gasteiger partial charge in [-0.3, -0.25) is 14.4 Å². The Kier molecular flexibility index (Phi) is 8.10. The zero-order valence-electron chi connectivity index (χ0n) is 18.4. The Bertz CT molecular complexity index is 915. The number of hydrogen-bond acceptors (Lipinski definition) is 5. The molecule has 1 fully saturated rings.